The van der Waals surface area contributed by atoms with E-state index in [0.29, 0.717) is 0 Å². The smallest absolute Gasteiger partial charge is 0.0820 e. The molecule has 3 rings (SSSR count). The van der Waals surface area contributed by atoms with Crippen molar-refractivity contribution in [2.24, 2.45) is 4.99 Å². The van der Waals surface area contributed by atoms with Crippen LogP contribution in [0.5, 0.6) is 0 Å². The number of aryl methyl sites for hydroxylation is 1. The van der Waals surface area contributed by atoms with Gasteiger partial charge >= 0.3 is 0 Å². The highest BCUT2D eigenvalue weighted by Gasteiger charge is 2.07. The monoisotopic (exact) mass is 275 g/mol. The van der Waals surface area contributed by atoms with Gasteiger partial charge in [0.05, 0.1) is 10.8 Å². The molecule has 0 aliphatic rings. The van der Waals surface area contributed by atoms with Crippen molar-refractivity contribution in [3.05, 3.63) is 66.2 Å². The first-order chi connectivity index (χ1) is 9.79. The summed E-state index contributed by atoms with van der Waals surface area (Å²) in [7, 11) is 0. The van der Waals surface area contributed by atoms with Crippen molar-refractivity contribution in [3.8, 4) is 11.1 Å². The average molecular weight is 275 g/mol. The predicted molar refractivity (Wildman–Crippen MR) is 88.8 cm³/mol. The second kappa shape index (κ2) is 5.38. The lowest BCUT2D eigenvalue weighted by atomic mass is 9.96. The summed E-state index contributed by atoms with van der Waals surface area (Å²) in [5, 5.41) is 4.77. The number of rotatable bonds is 2. The summed E-state index contributed by atoms with van der Waals surface area (Å²) in [6, 6.07) is 20.9. The molecule has 0 amide bonds. The Morgan fingerprint density at radius 3 is 2.45 bits per heavy atom. The first-order valence-corrected chi connectivity index (χ1v) is 6.87. The van der Waals surface area contributed by atoms with Crippen molar-refractivity contribution >= 4 is 33.8 Å². The van der Waals surface area contributed by atoms with Crippen molar-refractivity contribution in [1.29, 1.82) is 0 Å². The van der Waals surface area contributed by atoms with E-state index >= 15 is 0 Å². The maximum atomic E-state index is 4.75. The fourth-order valence-corrected chi connectivity index (χ4v) is 2.62. The molecule has 0 saturated heterocycles. The number of aliphatic imine (C=N–C) groups is 1. The molecular formula is C18H13NS. The van der Waals surface area contributed by atoms with Crippen LogP contribution in [0, 0.1) is 6.92 Å². The second-order valence-corrected chi connectivity index (χ2v) is 4.94. The van der Waals surface area contributed by atoms with E-state index in [4.69, 9.17) is 12.2 Å². The summed E-state index contributed by atoms with van der Waals surface area (Å²) in [6.07, 6.45) is 0. The molecule has 0 unspecified atom stereocenters. The molecule has 0 spiro atoms. The molecule has 0 aliphatic heterocycles. The van der Waals surface area contributed by atoms with E-state index in [-0.39, 0.29) is 0 Å². The number of thiocarbonyl (C=S) groups is 1. The van der Waals surface area contributed by atoms with Gasteiger partial charge in [-0.2, -0.15) is 4.99 Å². The highest BCUT2D eigenvalue weighted by atomic mass is 32.1. The summed E-state index contributed by atoms with van der Waals surface area (Å²) < 4.78 is 0. The van der Waals surface area contributed by atoms with Crippen molar-refractivity contribution in [3.63, 3.8) is 0 Å². The van der Waals surface area contributed by atoms with Gasteiger partial charge in [-0.25, -0.2) is 0 Å². The molecule has 0 N–H and O–H groups in total. The summed E-state index contributed by atoms with van der Waals surface area (Å²) >= 11 is 4.75. The Kier molecular flexibility index (Phi) is 3.42. The molecule has 0 heterocycles. The van der Waals surface area contributed by atoms with Gasteiger partial charge in [-0.15, -0.1) is 0 Å². The molecule has 1 nitrogen and oxygen atoms in total. The van der Waals surface area contributed by atoms with Crippen LogP contribution in [0.25, 0.3) is 21.9 Å². The SMILES string of the molecule is Cc1cc(N=C=S)c2cccc(-c3ccccc3)c2c1. The Morgan fingerprint density at radius 1 is 0.900 bits per heavy atom. The van der Waals surface area contributed by atoms with Crippen molar-refractivity contribution in [1.82, 2.24) is 0 Å². The first kappa shape index (κ1) is 12.7. The van der Waals surface area contributed by atoms with E-state index in [1.807, 2.05) is 12.1 Å². The minimum absolute atomic E-state index is 0.882. The summed E-state index contributed by atoms with van der Waals surface area (Å²) in [5.74, 6) is 0. The Hall–Kier alpha value is -2.28. The lowest BCUT2D eigenvalue weighted by molar-refractivity contribution is 1.47. The van der Waals surface area contributed by atoms with Crippen LogP contribution in [0.2, 0.25) is 0 Å². The summed E-state index contributed by atoms with van der Waals surface area (Å²) in [6.45, 7) is 2.07. The van der Waals surface area contributed by atoms with E-state index in [0.717, 1.165) is 11.1 Å². The Morgan fingerprint density at radius 2 is 1.70 bits per heavy atom. The summed E-state index contributed by atoms with van der Waals surface area (Å²) in [4.78, 5) is 4.20. The zero-order valence-electron chi connectivity index (χ0n) is 11.1. The van der Waals surface area contributed by atoms with Crippen LogP contribution in [0.4, 0.5) is 5.69 Å². The van der Waals surface area contributed by atoms with Gasteiger partial charge in [0.2, 0.25) is 0 Å². The van der Waals surface area contributed by atoms with Crippen LogP contribution < -0.4 is 0 Å². The van der Waals surface area contributed by atoms with E-state index in [1.54, 1.807) is 0 Å². The lowest BCUT2D eigenvalue weighted by Crippen LogP contribution is -1.83. The Bertz CT molecular complexity index is 815. The van der Waals surface area contributed by atoms with Gasteiger partial charge in [-0.05, 0) is 47.3 Å². The zero-order valence-corrected chi connectivity index (χ0v) is 11.9. The molecule has 3 aromatic rings. The van der Waals surface area contributed by atoms with E-state index in [2.05, 4.69) is 65.6 Å². The van der Waals surface area contributed by atoms with Gasteiger partial charge in [0.15, 0.2) is 0 Å². The molecule has 0 saturated carbocycles. The highest BCUT2D eigenvalue weighted by molar-refractivity contribution is 7.78. The van der Waals surface area contributed by atoms with Gasteiger partial charge in [0.1, 0.15) is 0 Å². The number of nitrogens with zero attached hydrogens (tertiary/aromatic N) is 1. The normalized spacial score (nSPS) is 10.2. The molecule has 0 aliphatic carbocycles. The largest absolute Gasteiger partial charge is 0.194 e. The van der Waals surface area contributed by atoms with Crippen LogP contribution in [0.3, 0.4) is 0 Å². The van der Waals surface area contributed by atoms with Crippen LogP contribution in [-0.4, -0.2) is 5.16 Å². The first-order valence-electron chi connectivity index (χ1n) is 6.46. The molecular weight excluding hydrogens is 262 g/mol. The van der Waals surface area contributed by atoms with Gasteiger partial charge in [-0.1, -0.05) is 54.6 Å². The molecule has 2 heteroatoms. The van der Waals surface area contributed by atoms with E-state index < -0.39 is 0 Å². The summed E-state index contributed by atoms with van der Waals surface area (Å²) in [5.41, 5.74) is 4.48. The highest BCUT2D eigenvalue weighted by Crippen LogP contribution is 2.34. The van der Waals surface area contributed by atoms with Gasteiger partial charge in [-0.3, -0.25) is 0 Å². The average Bonchev–Trinajstić information content (AvgIpc) is 2.48. The quantitative estimate of drug-likeness (QED) is 0.441. The van der Waals surface area contributed by atoms with Crippen LogP contribution in [0.15, 0.2) is 65.7 Å². The number of benzene rings is 3. The maximum Gasteiger partial charge on any atom is 0.0820 e. The lowest BCUT2D eigenvalue weighted by Gasteiger charge is -2.09. The van der Waals surface area contributed by atoms with Crippen molar-refractivity contribution in [2.75, 3.05) is 0 Å². The van der Waals surface area contributed by atoms with Crippen molar-refractivity contribution < 1.29 is 0 Å². The van der Waals surface area contributed by atoms with Gasteiger partial charge in [0.25, 0.3) is 0 Å². The molecule has 3 aromatic carbocycles. The van der Waals surface area contributed by atoms with E-state index in [1.165, 1.54) is 22.1 Å². The third kappa shape index (κ3) is 2.27. The molecule has 0 fully saturated rings. The minimum atomic E-state index is 0.882. The number of hydrogen-bond acceptors (Lipinski definition) is 2. The van der Waals surface area contributed by atoms with E-state index in [9.17, 15) is 0 Å². The predicted octanol–water partition coefficient (Wildman–Crippen LogP) is 5.55. The number of isothiocyanates is 1. The van der Waals surface area contributed by atoms with Gasteiger partial charge < -0.3 is 0 Å². The Labute approximate surface area is 123 Å². The molecule has 96 valence electrons. The van der Waals surface area contributed by atoms with Crippen molar-refractivity contribution in [2.45, 2.75) is 6.92 Å². The minimum Gasteiger partial charge on any atom is -0.194 e. The molecule has 0 aromatic heterocycles. The van der Waals surface area contributed by atoms with Crippen LogP contribution in [0.1, 0.15) is 5.56 Å². The third-order valence-electron chi connectivity index (χ3n) is 3.37. The number of hydrogen-bond donors (Lipinski definition) is 0. The maximum absolute atomic E-state index is 4.75. The molecule has 0 bridgehead atoms. The van der Waals surface area contributed by atoms with Crippen LogP contribution in [-0.2, 0) is 0 Å². The fraction of sp³-hybridized carbons (Fsp3) is 0.0556. The molecule has 0 atom stereocenters. The van der Waals surface area contributed by atoms with Gasteiger partial charge in [0, 0.05) is 5.39 Å². The Balaban J connectivity index is 2.38. The number of fused-ring (bicyclic) bond motifs is 1. The molecule has 0 radical (unpaired) electrons. The zero-order chi connectivity index (χ0) is 13.9. The van der Waals surface area contributed by atoms with Crippen LogP contribution >= 0.6 is 12.2 Å². The second-order valence-electron chi connectivity index (χ2n) is 4.75. The third-order valence-corrected chi connectivity index (χ3v) is 3.46. The fourth-order valence-electron chi connectivity index (χ4n) is 2.52. The molecule has 20 heavy (non-hydrogen) atoms. The topological polar surface area (TPSA) is 12.4 Å². The standard InChI is InChI=1S/C18H13NS/c1-13-10-17-15(14-6-3-2-4-7-14)8-5-9-16(17)18(11-13)19-12-20/h2-11H,1H3.